The first kappa shape index (κ1) is 13.7. The number of carbonyl (C=O) groups excluding carboxylic acids is 2. The highest BCUT2D eigenvalue weighted by Crippen LogP contribution is 2.31. The fraction of sp³-hybridized carbons (Fsp3) is 0.857. The van der Waals surface area contributed by atoms with Gasteiger partial charge in [-0.2, -0.15) is 0 Å². The molecule has 0 aromatic carbocycles. The zero-order valence-electron chi connectivity index (χ0n) is 11.9. The van der Waals surface area contributed by atoms with E-state index in [4.69, 9.17) is 0 Å². The Kier molecular flexibility index (Phi) is 3.83. The van der Waals surface area contributed by atoms with Crippen LogP contribution in [0.5, 0.6) is 0 Å². The molecule has 20 heavy (non-hydrogen) atoms. The molecule has 0 aromatic heterocycles. The molecule has 1 N–H and O–H groups in total. The molecular weight excluding hydrogens is 256 g/mol. The van der Waals surface area contributed by atoms with E-state index in [0.29, 0.717) is 39.0 Å². The highest BCUT2D eigenvalue weighted by Gasteiger charge is 2.49. The van der Waals surface area contributed by atoms with Crippen LogP contribution in [0.25, 0.3) is 0 Å². The topological polar surface area (TPSA) is 66.8 Å². The van der Waals surface area contributed by atoms with Gasteiger partial charge in [0.1, 0.15) is 5.54 Å². The third kappa shape index (κ3) is 2.26. The Bertz CT molecular complexity index is 387. The molecule has 3 rings (SSSR count). The summed E-state index contributed by atoms with van der Waals surface area (Å²) in [6.07, 6.45) is 4.43. The summed E-state index contributed by atoms with van der Waals surface area (Å²) in [7, 11) is 0. The number of hydrogen-bond donors (Lipinski definition) is 1. The second-order valence-corrected chi connectivity index (χ2v) is 5.94. The number of amides is 3. The molecule has 0 aliphatic carbocycles. The third-order valence-corrected chi connectivity index (χ3v) is 4.75. The zero-order chi connectivity index (χ0) is 14.0. The van der Waals surface area contributed by atoms with Crippen LogP contribution in [-0.4, -0.2) is 66.5 Å². The van der Waals surface area contributed by atoms with Gasteiger partial charge < -0.3 is 15.1 Å². The van der Waals surface area contributed by atoms with Crippen LogP contribution in [0.2, 0.25) is 0 Å². The molecule has 3 saturated heterocycles. The lowest BCUT2D eigenvalue weighted by atomic mass is 9.84. The van der Waals surface area contributed by atoms with Gasteiger partial charge in [-0.15, -0.1) is 0 Å². The maximum Gasteiger partial charge on any atom is 0.318 e. The van der Waals surface area contributed by atoms with Gasteiger partial charge in [-0.1, -0.05) is 0 Å². The summed E-state index contributed by atoms with van der Waals surface area (Å²) in [4.78, 5) is 29.0. The predicted octanol–water partition coefficient (Wildman–Crippen LogP) is 0.161. The molecule has 3 aliphatic rings. The van der Waals surface area contributed by atoms with E-state index in [9.17, 15) is 9.59 Å². The summed E-state index contributed by atoms with van der Waals surface area (Å²) >= 11 is 0. The lowest BCUT2D eigenvalue weighted by Gasteiger charge is -2.47. The van der Waals surface area contributed by atoms with Gasteiger partial charge in [-0.05, 0) is 32.1 Å². The monoisotopic (exact) mass is 279 g/mol. The predicted molar refractivity (Wildman–Crippen MR) is 74.4 cm³/mol. The van der Waals surface area contributed by atoms with Crippen LogP contribution in [0.15, 0.2) is 0 Å². The van der Waals surface area contributed by atoms with Crippen molar-refractivity contribution in [3.05, 3.63) is 0 Å². The van der Waals surface area contributed by atoms with Gasteiger partial charge in [0, 0.05) is 39.3 Å². The number of hydrogen-bond acceptors (Lipinski definition) is 2. The Labute approximate surface area is 119 Å². The van der Waals surface area contributed by atoms with Crippen LogP contribution in [0.4, 0.5) is 4.79 Å². The fourth-order valence-corrected chi connectivity index (χ4v) is 3.62. The number of likely N-dealkylation sites (tertiary alicyclic amines) is 1. The largest absolute Gasteiger partial charge is 0.341 e. The molecule has 0 unspecified atom stereocenters. The molecule has 0 saturated carbocycles. The van der Waals surface area contributed by atoms with Gasteiger partial charge in [0.25, 0.3) is 0 Å². The molecule has 0 atom stereocenters. The van der Waals surface area contributed by atoms with E-state index in [-0.39, 0.29) is 11.9 Å². The van der Waals surface area contributed by atoms with Crippen LogP contribution in [0.1, 0.15) is 32.1 Å². The van der Waals surface area contributed by atoms with E-state index in [1.165, 1.54) is 0 Å². The molecule has 3 heterocycles. The smallest absolute Gasteiger partial charge is 0.318 e. The normalized spacial score (nSPS) is 26.5. The Morgan fingerprint density at radius 3 is 2.45 bits per heavy atom. The molecule has 0 spiro atoms. The van der Waals surface area contributed by atoms with Crippen molar-refractivity contribution in [2.75, 3.05) is 39.3 Å². The van der Waals surface area contributed by atoms with E-state index in [2.05, 4.69) is 10.6 Å². The second-order valence-electron chi connectivity index (χ2n) is 5.94. The summed E-state index contributed by atoms with van der Waals surface area (Å²) in [5, 5.41) is 7.26. The average molecular weight is 279 g/mol. The average Bonchev–Trinajstić information content (AvgIpc) is 3.02. The molecule has 3 fully saturated rings. The first-order chi connectivity index (χ1) is 9.74. The Morgan fingerprint density at radius 2 is 1.80 bits per heavy atom. The zero-order valence-corrected chi connectivity index (χ0v) is 11.9. The first-order valence-electron chi connectivity index (χ1n) is 7.72. The van der Waals surface area contributed by atoms with Crippen molar-refractivity contribution in [2.45, 2.75) is 37.6 Å². The third-order valence-electron chi connectivity index (χ3n) is 4.75. The van der Waals surface area contributed by atoms with Crippen molar-refractivity contribution in [2.24, 2.45) is 0 Å². The van der Waals surface area contributed by atoms with E-state index in [0.717, 1.165) is 32.4 Å². The molecule has 6 heteroatoms. The molecule has 0 aromatic rings. The van der Waals surface area contributed by atoms with E-state index in [1.54, 1.807) is 4.90 Å². The van der Waals surface area contributed by atoms with Crippen molar-refractivity contribution in [3.63, 3.8) is 0 Å². The van der Waals surface area contributed by atoms with Crippen LogP contribution in [0.3, 0.4) is 0 Å². The SMILES string of the molecule is O=C1NCCCN1C1(C(=O)N2CCCC2)CC[N]CC1. The lowest BCUT2D eigenvalue weighted by molar-refractivity contribution is -0.144. The highest BCUT2D eigenvalue weighted by molar-refractivity contribution is 5.91. The minimum Gasteiger partial charge on any atom is -0.341 e. The fourth-order valence-electron chi connectivity index (χ4n) is 3.62. The Morgan fingerprint density at radius 1 is 1.10 bits per heavy atom. The van der Waals surface area contributed by atoms with Crippen LogP contribution >= 0.6 is 0 Å². The number of rotatable bonds is 2. The minimum absolute atomic E-state index is 0.0781. The summed E-state index contributed by atoms with van der Waals surface area (Å²) in [6, 6.07) is -0.0781. The maximum absolute atomic E-state index is 13.0. The number of nitrogens with one attached hydrogen (secondary N) is 1. The summed E-state index contributed by atoms with van der Waals surface area (Å²) < 4.78 is 0. The highest BCUT2D eigenvalue weighted by atomic mass is 16.2. The molecule has 1 radical (unpaired) electrons. The molecule has 3 amide bonds. The van der Waals surface area contributed by atoms with Crippen molar-refractivity contribution < 1.29 is 9.59 Å². The molecule has 3 aliphatic heterocycles. The van der Waals surface area contributed by atoms with Crippen molar-refractivity contribution >= 4 is 11.9 Å². The number of piperidine rings is 1. The van der Waals surface area contributed by atoms with Gasteiger partial charge in [0.05, 0.1) is 0 Å². The number of carbonyl (C=O) groups is 2. The van der Waals surface area contributed by atoms with Crippen LogP contribution in [-0.2, 0) is 4.79 Å². The van der Waals surface area contributed by atoms with Gasteiger partial charge in [0.15, 0.2) is 0 Å². The van der Waals surface area contributed by atoms with Gasteiger partial charge in [-0.3, -0.25) is 4.79 Å². The molecule has 111 valence electrons. The molecule has 6 nitrogen and oxygen atoms in total. The van der Waals surface area contributed by atoms with Gasteiger partial charge in [0.2, 0.25) is 5.91 Å². The Hall–Kier alpha value is -1.30. The Balaban J connectivity index is 1.86. The van der Waals surface area contributed by atoms with E-state index in [1.807, 2.05) is 4.90 Å². The maximum atomic E-state index is 13.0. The van der Waals surface area contributed by atoms with Crippen molar-refractivity contribution in [3.8, 4) is 0 Å². The number of nitrogens with zero attached hydrogens (tertiary/aromatic N) is 3. The quantitative estimate of drug-likeness (QED) is 0.782. The van der Waals surface area contributed by atoms with Crippen molar-refractivity contribution in [1.29, 1.82) is 0 Å². The van der Waals surface area contributed by atoms with Gasteiger partial charge in [-0.25, -0.2) is 10.1 Å². The molecular formula is C14H23N4O2. The van der Waals surface area contributed by atoms with Gasteiger partial charge >= 0.3 is 6.03 Å². The molecule has 0 bridgehead atoms. The van der Waals surface area contributed by atoms with E-state index >= 15 is 0 Å². The van der Waals surface area contributed by atoms with Crippen LogP contribution < -0.4 is 10.6 Å². The van der Waals surface area contributed by atoms with Crippen molar-refractivity contribution in [1.82, 2.24) is 20.4 Å². The van der Waals surface area contributed by atoms with E-state index < -0.39 is 5.54 Å². The first-order valence-corrected chi connectivity index (χ1v) is 7.72. The lowest BCUT2D eigenvalue weighted by Crippen LogP contribution is -2.67. The minimum atomic E-state index is -0.642. The number of urea groups is 1. The summed E-state index contributed by atoms with van der Waals surface area (Å²) in [6.45, 7) is 4.45. The van der Waals surface area contributed by atoms with Crippen LogP contribution in [0, 0.1) is 0 Å². The summed E-state index contributed by atoms with van der Waals surface area (Å²) in [5.74, 6) is 0.155. The second kappa shape index (κ2) is 5.60. The standard InChI is InChI=1S/C14H23N4O2/c19-12(17-9-1-2-10-17)14(4-7-15-8-5-14)18-11-3-6-16-13(18)20/h1-11H2,(H,16,20). The summed E-state index contributed by atoms with van der Waals surface area (Å²) in [5.41, 5.74) is -0.642.